The minimum absolute atomic E-state index is 0.484. The number of nitrogens with one attached hydrogen (secondary N) is 1. The third-order valence-corrected chi connectivity index (χ3v) is 3.97. The van der Waals surface area contributed by atoms with Gasteiger partial charge >= 0.3 is 6.09 Å². The molecule has 3 aromatic rings. The molecule has 1 N–H and O–H groups in total. The van der Waals surface area contributed by atoms with Crippen molar-refractivity contribution in [1.82, 2.24) is 14.6 Å². The quantitative estimate of drug-likeness (QED) is 0.802. The highest BCUT2D eigenvalue weighted by atomic mass is 16.6. The largest absolute Gasteiger partial charge is 0.417 e. The first-order valence-corrected chi connectivity index (χ1v) is 7.93. The second-order valence-corrected chi connectivity index (χ2v) is 5.63. The van der Waals surface area contributed by atoms with Crippen LogP contribution in [-0.2, 0) is 0 Å². The van der Waals surface area contributed by atoms with Gasteiger partial charge in [-0.3, -0.25) is 5.32 Å². The number of ether oxygens (including phenoxy) is 1. The lowest BCUT2D eigenvalue weighted by molar-refractivity contribution is 0.215. The maximum absolute atomic E-state index is 12.1. The van der Waals surface area contributed by atoms with Crippen molar-refractivity contribution in [2.45, 2.75) is 12.8 Å². The Morgan fingerprint density at radius 3 is 2.71 bits per heavy atom. The molecule has 0 spiro atoms. The van der Waals surface area contributed by atoms with Gasteiger partial charge in [-0.25, -0.2) is 14.3 Å². The molecule has 0 unspecified atom stereocenters. The second kappa shape index (κ2) is 6.19. The first-order valence-electron chi connectivity index (χ1n) is 7.93. The van der Waals surface area contributed by atoms with Crippen molar-refractivity contribution >= 4 is 23.2 Å². The number of carbonyl (C=O) groups excluding carboxylic acids is 1. The van der Waals surface area contributed by atoms with Gasteiger partial charge in [0.25, 0.3) is 0 Å². The van der Waals surface area contributed by atoms with Gasteiger partial charge < -0.3 is 9.64 Å². The zero-order valence-electron chi connectivity index (χ0n) is 13.1. The van der Waals surface area contributed by atoms with Crippen LogP contribution in [0.2, 0.25) is 0 Å². The Labute approximate surface area is 138 Å². The summed E-state index contributed by atoms with van der Waals surface area (Å²) in [5, 5.41) is 6.92. The summed E-state index contributed by atoms with van der Waals surface area (Å²) >= 11 is 0. The fourth-order valence-corrected chi connectivity index (χ4v) is 2.80. The lowest BCUT2D eigenvalue weighted by atomic mass is 10.3. The molecule has 7 nitrogen and oxygen atoms in total. The molecule has 0 bridgehead atoms. The molecule has 3 heterocycles. The highest BCUT2D eigenvalue weighted by molar-refractivity contribution is 5.90. The Balaban J connectivity index is 1.55. The van der Waals surface area contributed by atoms with Crippen molar-refractivity contribution in [1.29, 1.82) is 0 Å². The van der Waals surface area contributed by atoms with Crippen molar-refractivity contribution in [3.63, 3.8) is 0 Å². The van der Waals surface area contributed by atoms with Crippen LogP contribution in [0, 0.1) is 0 Å². The zero-order valence-corrected chi connectivity index (χ0v) is 13.1. The summed E-state index contributed by atoms with van der Waals surface area (Å²) in [6.45, 7) is 2.02. The van der Waals surface area contributed by atoms with Gasteiger partial charge in [0.2, 0.25) is 0 Å². The number of rotatable bonds is 3. The molecular weight excluding hydrogens is 306 g/mol. The Morgan fingerprint density at radius 1 is 1.12 bits per heavy atom. The van der Waals surface area contributed by atoms with E-state index in [1.165, 1.54) is 12.8 Å². The number of amides is 1. The van der Waals surface area contributed by atoms with E-state index in [1.807, 2.05) is 30.5 Å². The van der Waals surface area contributed by atoms with Crippen LogP contribution in [0.5, 0.6) is 5.75 Å². The van der Waals surface area contributed by atoms with Gasteiger partial charge in [-0.1, -0.05) is 18.2 Å². The standard InChI is InChI=1S/C17H17N5O2/c23-17(24-13-6-2-1-3-7-13)19-14-12-18-22-11-8-15(20-16(14)22)21-9-4-5-10-21/h1-3,6-8,11-12H,4-5,9-10H2,(H,19,23). The highest BCUT2D eigenvalue weighted by Crippen LogP contribution is 2.22. The molecule has 0 saturated carbocycles. The minimum Gasteiger partial charge on any atom is -0.410 e. The van der Waals surface area contributed by atoms with Gasteiger partial charge in [0, 0.05) is 19.3 Å². The van der Waals surface area contributed by atoms with E-state index in [0.717, 1.165) is 18.9 Å². The Kier molecular flexibility index (Phi) is 3.74. The molecule has 4 rings (SSSR count). The summed E-state index contributed by atoms with van der Waals surface area (Å²) in [5.41, 5.74) is 1.13. The van der Waals surface area contributed by atoms with E-state index >= 15 is 0 Å². The maximum Gasteiger partial charge on any atom is 0.417 e. The normalized spacial score (nSPS) is 14.1. The third kappa shape index (κ3) is 2.88. The molecule has 1 fully saturated rings. The average Bonchev–Trinajstić information content (AvgIpc) is 3.26. The lowest BCUT2D eigenvalue weighted by Crippen LogP contribution is -2.19. The number of aromatic nitrogens is 3. The first-order chi connectivity index (χ1) is 11.8. The second-order valence-electron chi connectivity index (χ2n) is 5.63. The fraction of sp³-hybridized carbons (Fsp3) is 0.235. The van der Waals surface area contributed by atoms with Gasteiger partial charge in [-0.15, -0.1) is 0 Å². The van der Waals surface area contributed by atoms with Crippen molar-refractivity contribution in [2.75, 3.05) is 23.3 Å². The van der Waals surface area contributed by atoms with Crippen LogP contribution in [0.15, 0.2) is 48.8 Å². The van der Waals surface area contributed by atoms with Crippen LogP contribution in [0.4, 0.5) is 16.3 Å². The highest BCUT2D eigenvalue weighted by Gasteiger charge is 2.16. The average molecular weight is 323 g/mol. The molecule has 2 aromatic heterocycles. The van der Waals surface area contributed by atoms with Crippen molar-refractivity contribution < 1.29 is 9.53 Å². The van der Waals surface area contributed by atoms with Crippen LogP contribution in [-0.4, -0.2) is 33.8 Å². The van der Waals surface area contributed by atoms with Crippen molar-refractivity contribution in [3.8, 4) is 5.75 Å². The number of anilines is 2. The lowest BCUT2D eigenvalue weighted by Gasteiger charge is -2.16. The Bertz CT molecular complexity index is 856. The molecule has 24 heavy (non-hydrogen) atoms. The van der Waals surface area contributed by atoms with Crippen molar-refractivity contribution in [3.05, 3.63) is 48.8 Å². The molecule has 1 aliphatic heterocycles. The Morgan fingerprint density at radius 2 is 1.92 bits per heavy atom. The molecule has 7 heteroatoms. The number of benzene rings is 1. The van der Waals surface area contributed by atoms with Gasteiger partial charge in [0.05, 0.1) is 6.20 Å². The number of hydrogen-bond acceptors (Lipinski definition) is 5. The SMILES string of the molecule is O=C(Nc1cnn2ccc(N3CCCC3)nc12)Oc1ccccc1. The molecule has 1 aromatic carbocycles. The maximum atomic E-state index is 12.1. The van der Waals surface area contributed by atoms with E-state index in [2.05, 4.69) is 20.3 Å². The van der Waals surface area contributed by atoms with E-state index in [0.29, 0.717) is 17.1 Å². The zero-order chi connectivity index (χ0) is 16.4. The topological polar surface area (TPSA) is 71.8 Å². The number of hydrogen-bond donors (Lipinski definition) is 1. The fourth-order valence-electron chi connectivity index (χ4n) is 2.80. The number of para-hydroxylation sites is 1. The van der Waals surface area contributed by atoms with E-state index in [-0.39, 0.29) is 0 Å². The molecular formula is C17H17N5O2. The summed E-state index contributed by atoms with van der Waals surface area (Å²) in [6, 6.07) is 10.9. The summed E-state index contributed by atoms with van der Waals surface area (Å²) < 4.78 is 6.88. The Hall–Kier alpha value is -3.09. The number of nitrogens with zero attached hydrogens (tertiary/aromatic N) is 4. The van der Waals surface area contributed by atoms with Crippen LogP contribution in [0.25, 0.3) is 5.65 Å². The van der Waals surface area contributed by atoms with Gasteiger partial charge in [0.1, 0.15) is 17.3 Å². The van der Waals surface area contributed by atoms with Crippen LogP contribution >= 0.6 is 0 Å². The molecule has 0 radical (unpaired) electrons. The van der Waals surface area contributed by atoms with Gasteiger partial charge in [-0.05, 0) is 31.0 Å². The molecule has 0 atom stereocenters. The van der Waals surface area contributed by atoms with E-state index < -0.39 is 6.09 Å². The summed E-state index contributed by atoms with van der Waals surface area (Å²) in [6.07, 6.45) is 5.22. The smallest absolute Gasteiger partial charge is 0.410 e. The summed E-state index contributed by atoms with van der Waals surface area (Å²) in [7, 11) is 0. The van der Waals surface area contributed by atoms with Crippen LogP contribution in [0.3, 0.4) is 0 Å². The predicted octanol–water partition coefficient (Wildman–Crippen LogP) is 2.94. The third-order valence-electron chi connectivity index (χ3n) is 3.97. The minimum atomic E-state index is -0.565. The summed E-state index contributed by atoms with van der Waals surface area (Å²) in [4.78, 5) is 18.9. The van der Waals surface area contributed by atoms with Crippen LogP contribution < -0.4 is 15.0 Å². The summed E-state index contributed by atoms with van der Waals surface area (Å²) in [5.74, 6) is 1.39. The predicted molar refractivity (Wildman–Crippen MR) is 90.5 cm³/mol. The molecule has 0 aliphatic carbocycles. The molecule has 1 saturated heterocycles. The van der Waals surface area contributed by atoms with E-state index in [4.69, 9.17) is 4.74 Å². The van der Waals surface area contributed by atoms with Gasteiger partial charge in [-0.2, -0.15) is 5.10 Å². The van der Waals surface area contributed by atoms with Gasteiger partial charge in [0.15, 0.2) is 5.65 Å². The van der Waals surface area contributed by atoms with E-state index in [9.17, 15) is 4.79 Å². The van der Waals surface area contributed by atoms with E-state index in [1.54, 1.807) is 22.8 Å². The van der Waals surface area contributed by atoms with Crippen LogP contribution in [0.1, 0.15) is 12.8 Å². The number of carbonyl (C=O) groups is 1. The number of fused-ring (bicyclic) bond motifs is 1. The molecule has 1 amide bonds. The molecule has 1 aliphatic rings. The molecule has 122 valence electrons. The van der Waals surface area contributed by atoms with Crippen molar-refractivity contribution in [2.24, 2.45) is 0 Å². The first kappa shape index (κ1) is 14.5. The monoisotopic (exact) mass is 323 g/mol.